The summed E-state index contributed by atoms with van der Waals surface area (Å²) < 4.78 is 15.0. The normalized spacial score (nSPS) is 14.5. The molecule has 0 saturated heterocycles. The highest BCUT2D eigenvalue weighted by Gasteiger charge is 2.39. The SMILES string of the molecule is O=P1(c2ccc(Br)cc2)c2ccccc2-c2ccccc21. The Labute approximate surface area is 132 Å². The largest absolute Gasteiger partial charge is 0.309 e. The first-order valence-electron chi connectivity index (χ1n) is 6.77. The minimum atomic E-state index is -2.74. The van der Waals surface area contributed by atoms with E-state index in [1.54, 1.807) is 0 Å². The van der Waals surface area contributed by atoms with Gasteiger partial charge in [0.2, 0.25) is 0 Å². The number of hydrogen-bond donors (Lipinski definition) is 0. The standard InChI is InChI=1S/C18H12BrOP/c19-13-9-11-14(12-10-13)21(20)17-7-3-1-5-15(17)16-6-2-4-8-18(16)21/h1-12H. The molecule has 4 rings (SSSR count). The molecule has 3 aromatic rings. The predicted octanol–water partition coefficient (Wildman–Crippen LogP) is 4.07. The van der Waals surface area contributed by atoms with Gasteiger partial charge < -0.3 is 4.57 Å². The zero-order chi connectivity index (χ0) is 14.4. The molecule has 0 aliphatic carbocycles. The zero-order valence-corrected chi connectivity index (χ0v) is 13.6. The van der Waals surface area contributed by atoms with E-state index in [4.69, 9.17) is 0 Å². The van der Waals surface area contributed by atoms with Crippen molar-refractivity contribution in [3.8, 4) is 11.1 Å². The molecule has 102 valence electrons. The van der Waals surface area contributed by atoms with E-state index >= 15 is 0 Å². The molecule has 0 saturated carbocycles. The zero-order valence-electron chi connectivity index (χ0n) is 11.2. The average molecular weight is 355 g/mol. The van der Waals surface area contributed by atoms with Crippen molar-refractivity contribution >= 4 is 39.0 Å². The average Bonchev–Trinajstić information content (AvgIpc) is 2.80. The summed E-state index contributed by atoms with van der Waals surface area (Å²) in [7, 11) is -2.74. The van der Waals surface area contributed by atoms with Crippen LogP contribution in [0.5, 0.6) is 0 Å². The van der Waals surface area contributed by atoms with Gasteiger partial charge in [0, 0.05) is 20.4 Å². The van der Waals surface area contributed by atoms with E-state index in [9.17, 15) is 4.57 Å². The van der Waals surface area contributed by atoms with Gasteiger partial charge >= 0.3 is 0 Å². The molecule has 21 heavy (non-hydrogen) atoms. The molecule has 1 heterocycles. The lowest BCUT2D eigenvalue weighted by Gasteiger charge is -2.15. The lowest BCUT2D eigenvalue weighted by Crippen LogP contribution is -2.20. The van der Waals surface area contributed by atoms with Gasteiger partial charge in [-0.25, -0.2) is 0 Å². The molecule has 0 aromatic heterocycles. The third-order valence-corrected chi connectivity index (χ3v) is 7.66. The van der Waals surface area contributed by atoms with Crippen molar-refractivity contribution in [2.45, 2.75) is 0 Å². The fourth-order valence-corrected chi connectivity index (χ4v) is 6.32. The second kappa shape index (κ2) is 4.69. The molecule has 0 atom stereocenters. The third-order valence-electron chi connectivity index (χ3n) is 3.97. The van der Waals surface area contributed by atoms with Crippen molar-refractivity contribution in [3.05, 3.63) is 77.3 Å². The molecule has 0 unspecified atom stereocenters. The summed E-state index contributed by atoms with van der Waals surface area (Å²) in [6.45, 7) is 0. The van der Waals surface area contributed by atoms with Crippen LogP contribution >= 0.6 is 23.1 Å². The quantitative estimate of drug-likeness (QED) is 0.471. The lowest BCUT2D eigenvalue weighted by molar-refractivity contribution is 0.593. The first-order chi connectivity index (χ1) is 10.2. The highest BCUT2D eigenvalue weighted by Crippen LogP contribution is 2.51. The monoisotopic (exact) mass is 354 g/mol. The molecule has 0 radical (unpaired) electrons. The number of fused-ring (bicyclic) bond motifs is 3. The second-order valence-electron chi connectivity index (χ2n) is 5.12. The van der Waals surface area contributed by atoms with Crippen LogP contribution in [0, 0.1) is 0 Å². The van der Waals surface area contributed by atoms with Crippen LogP contribution in [0.3, 0.4) is 0 Å². The highest BCUT2D eigenvalue weighted by atomic mass is 79.9. The summed E-state index contributed by atoms with van der Waals surface area (Å²) in [5.74, 6) is 0. The van der Waals surface area contributed by atoms with Crippen molar-refractivity contribution in [2.24, 2.45) is 0 Å². The number of rotatable bonds is 1. The number of hydrogen-bond acceptors (Lipinski definition) is 1. The fourth-order valence-electron chi connectivity index (χ4n) is 3.01. The molecule has 0 bridgehead atoms. The first-order valence-corrected chi connectivity index (χ1v) is 9.27. The molecule has 1 aliphatic heterocycles. The van der Waals surface area contributed by atoms with E-state index in [0.29, 0.717) is 0 Å². The first kappa shape index (κ1) is 13.1. The van der Waals surface area contributed by atoms with E-state index in [0.717, 1.165) is 31.5 Å². The van der Waals surface area contributed by atoms with Crippen molar-refractivity contribution in [3.63, 3.8) is 0 Å². The predicted molar refractivity (Wildman–Crippen MR) is 92.5 cm³/mol. The summed E-state index contributed by atoms with van der Waals surface area (Å²) in [6, 6.07) is 23.9. The van der Waals surface area contributed by atoms with Crippen LogP contribution < -0.4 is 15.9 Å². The smallest absolute Gasteiger partial charge is 0.172 e. The number of halogens is 1. The summed E-state index contributed by atoms with van der Waals surface area (Å²) in [5.41, 5.74) is 2.19. The van der Waals surface area contributed by atoms with Crippen molar-refractivity contribution in [2.75, 3.05) is 0 Å². The van der Waals surface area contributed by atoms with Crippen LogP contribution in [0.25, 0.3) is 11.1 Å². The topological polar surface area (TPSA) is 17.1 Å². The van der Waals surface area contributed by atoms with Crippen molar-refractivity contribution < 1.29 is 4.57 Å². The lowest BCUT2D eigenvalue weighted by atomic mass is 10.1. The Morgan fingerprint density at radius 3 is 1.67 bits per heavy atom. The van der Waals surface area contributed by atoms with Crippen molar-refractivity contribution in [1.82, 2.24) is 0 Å². The maximum atomic E-state index is 14.0. The van der Waals surface area contributed by atoms with Gasteiger partial charge in [-0.2, -0.15) is 0 Å². The van der Waals surface area contributed by atoms with Crippen LogP contribution in [-0.2, 0) is 4.57 Å². The molecule has 0 N–H and O–H groups in total. The van der Waals surface area contributed by atoms with Crippen LogP contribution in [0.4, 0.5) is 0 Å². The molecule has 1 nitrogen and oxygen atoms in total. The van der Waals surface area contributed by atoms with Crippen molar-refractivity contribution in [1.29, 1.82) is 0 Å². The summed E-state index contributed by atoms with van der Waals surface area (Å²) in [4.78, 5) is 0. The van der Waals surface area contributed by atoms with Crippen LogP contribution in [0.2, 0.25) is 0 Å². The number of benzene rings is 3. The van der Waals surface area contributed by atoms with E-state index in [1.807, 2.05) is 60.7 Å². The van der Waals surface area contributed by atoms with Crippen LogP contribution in [-0.4, -0.2) is 0 Å². The van der Waals surface area contributed by atoms with Gasteiger partial charge in [0.25, 0.3) is 0 Å². The minimum Gasteiger partial charge on any atom is -0.309 e. The van der Waals surface area contributed by atoms with Gasteiger partial charge in [0.15, 0.2) is 7.14 Å². The van der Waals surface area contributed by atoms with E-state index < -0.39 is 7.14 Å². The Kier molecular flexibility index (Phi) is 2.92. The van der Waals surface area contributed by atoms with Gasteiger partial charge in [0.05, 0.1) is 0 Å². The maximum absolute atomic E-state index is 14.0. The maximum Gasteiger partial charge on any atom is 0.172 e. The second-order valence-corrected chi connectivity index (χ2v) is 8.73. The summed E-state index contributed by atoms with van der Waals surface area (Å²) >= 11 is 3.45. The molecule has 1 aliphatic rings. The summed E-state index contributed by atoms with van der Waals surface area (Å²) in [5, 5.41) is 2.80. The molecule has 3 heteroatoms. The molecule has 0 spiro atoms. The van der Waals surface area contributed by atoms with Gasteiger partial charge in [-0.3, -0.25) is 0 Å². The Hall–Kier alpha value is -1.63. The Balaban J connectivity index is 2.09. The Morgan fingerprint density at radius 1 is 0.667 bits per heavy atom. The van der Waals surface area contributed by atoms with Crippen LogP contribution in [0.1, 0.15) is 0 Å². The van der Waals surface area contributed by atoms with Gasteiger partial charge in [-0.1, -0.05) is 64.5 Å². The fraction of sp³-hybridized carbons (Fsp3) is 0. The van der Waals surface area contributed by atoms with Gasteiger partial charge in [-0.05, 0) is 35.4 Å². The Morgan fingerprint density at radius 2 is 1.14 bits per heavy atom. The molecule has 0 fully saturated rings. The van der Waals surface area contributed by atoms with Gasteiger partial charge in [0.1, 0.15) is 0 Å². The molecule has 0 amide bonds. The molecular formula is C18H12BrOP. The van der Waals surface area contributed by atoms with Gasteiger partial charge in [-0.15, -0.1) is 0 Å². The van der Waals surface area contributed by atoms with E-state index in [1.165, 1.54) is 0 Å². The molecular weight excluding hydrogens is 343 g/mol. The van der Waals surface area contributed by atoms with E-state index in [2.05, 4.69) is 28.1 Å². The van der Waals surface area contributed by atoms with E-state index in [-0.39, 0.29) is 0 Å². The Bertz CT molecular complexity index is 834. The third kappa shape index (κ3) is 1.79. The van der Waals surface area contributed by atoms with Crippen LogP contribution in [0.15, 0.2) is 77.3 Å². The minimum absolute atomic E-state index is 0.892. The highest BCUT2D eigenvalue weighted by molar-refractivity contribution is 9.10. The summed E-state index contributed by atoms with van der Waals surface area (Å²) in [6.07, 6.45) is 0. The molecule has 3 aromatic carbocycles.